The lowest BCUT2D eigenvalue weighted by molar-refractivity contribution is 0.112. The van der Waals surface area contributed by atoms with Gasteiger partial charge in [0.05, 0.1) is 0 Å². The van der Waals surface area contributed by atoms with Crippen molar-refractivity contribution in [3.8, 4) is 0 Å². The lowest BCUT2D eigenvalue weighted by atomic mass is 9.78. The van der Waals surface area contributed by atoms with Crippen LogP contribution in [0.25, 0.3) is 0 Å². The first-order valence-electron chi connectivity index (χ1n) is 9.92. The van der Waals surface area contributed by atoms with Crippen molar-refractivity contribution in [1.82, 2.24) is 0 Å². The Bertz CT molecular complexity index is 455. The smallest absolute Gasteiger partial charge is 0.152 e. The summed E-state index contributed by atoms with van der Waals surface area (Å²) in [6, 6.07) is 7.51. The van der Waals surface area contributed by atoms with Crippen molar-refractivity contribution >= 4 is 12.0 Å². The van der Waals surface area contributed by atoms with Gasteiger partial charge in [0, 0.05) is 25.3 Å². The van der Waals surface area contributed by atoms with Crippen LogP contribution >= 0.6 is 0 Å². The van der Waals surface area contributed by atoms with Crippen LogP contribution < -0.4 is 4.90 Å². The van der Waals surface area contributed by atoms with E-state index in [1.54, 1.807) is 32.1 Å². The molecular weight excluding hydrogens is 294 g/mol. The topological polar surface area (TPSA) is 20.3 Å². The number of hydrogen-bond donors (Lipinski definition) is 0. The zero-order valence-corrected chi connectivity index (χ0v) is 15.7. The number of aldehydes is 1. The molecule has 2 fully saturated rings. The maximum atomic E-state index is 10.5. The van der Waals surface area contributed by atoms with Crippen LogP contribution in [-0.2, 0) is 0 Å². The van der Waals surface area contributed by atoms with Crippen molar-refractivity contribution in [2.45, 2.75) is 70.6 Å². The molecule has 0 N–H and O–H groups in total. The summed E-state index contributed by atoms with van der Waals surface area (Å²) in [7, 11) is 3.84. The molecule has 2 nitrogen and oxygen atoms in total. The van der Waals surface area contributed by atoms with E-state index in [1.165, 1.54) is 38.5 Å². The lowest BCUT2D eigenvalue weighted by Crippen LogP contribution is -2.14. The third-order valence-corrected chi connectivity index (χ3v) is 5.66. The average molecular weight is 330 g/mol. The van der Waals surface area contributed by atoms with Crippen LogP contribution in [-0.4, -0.2) is 20.4 Å². The largest absolute Gasteiger partial charge is 0.377 e. The number of anilines is 1. The summed E-state index contributed by atoms with van der Waals surface area (Å²) < 4.78 is 0. The van der Waals surface area contributed by atoms with E-state index in [2.05, 4.69) is 0 Å². The molecule has 0 radical (unpaired) electrons. The predicted molar refractivity (Wildman–Crippen MR) is 104 cm³/mol. The van der Waals surface area contributed by atoms with Crippen molar-refractivity contribution in [1.29, 1.82) is 0 Å². The van der Waals surface area contributed by atoms with E-state index < -0.39 is 0 Å². The highest BCUT2D eigenvalue weighted by atomic mass is 16.1. The number of hydrogen-bond acceptors (Lipinski definition) is 2. The molecule has 0 amide bonds. The van der Waals surface area contributed by atoms with Crippen LogP contribution in [0.15, 0.2) is 24.3 Å². The summed E-state index contributed by atoms with van der Waals surface area (Å²) in [4.78, 5) is 12.4. The predicted octanol–water partition coefficient (Wildman–Crippen LogP) is 6.10. The second-order valence-electron chi connectivity index (χ2n) is 7.81. The molecule has 0 unspecified atom stereocenters. The molecule has 2 heteroatoms. The van der Waals surface area contributed by atoms with E-state index in [0.29, 0.717) is 0 Å². The second-order valence-corrected chi connectivity index (χ2v) is 7.81. The SMILES string of the molecule is C1CCC(CC2CCCCC2)CC1.CN(C)c1ccccc1C=O. The summed E-state index contributed by atoms with van der Waals surface area (Å²) in [6.07, 6.45) is 17.8. The third kappa shape index (κ3) is 6.30. The van der Waals surface area contributed by atoms with Gasteiger partial charge in [0.25, 0.3) is 0 Å². The number of nitrogens with zero attached hydrogens (tertiary/aromatic N) is 1. The maximum absolute atomic E-state index is 10.5. The van der Waals surface area contributed by atoms with E-state index in [9.17, 15) is 4.79 Å². The Hall–Kier alpha value is -1.31. The molecule has 24 heavy (non-hydrogen) atoms. The molecule has 134 valence electrons. The van der Waals surface area contributed by atoms with Crippen molar-refractivity contribution < 1.29 is 4.79 Å². The van der Waals surface area contributed by atoms with E-state index >= 15 is 0 Å². The first kappa shape index (κ1) is 19.0. The molecule has 1 aromatic rings. The fourth-order valence-corrected chi connectivity index (χ4v) is 4.31. The van der Waals surface area contributed by atoms with Crippen LogP contribution in [0.3, 0.4) is 0 Å². The third-order valence-electron chi connectivity index (χ3n) is 5.66. The Kier molecular flexibility index (Phi) is 8.35. The first-order valence-corrected chi connectivity index (χ1v) is 9.92. The Morgan fingerprint density at radius 2 is 1.38 bits per heavy atom. The van der Waals surface area contributed by atoms with Gasteiger partial charge in [-0.3, -0.25) is 4.79 Å². The maximum Gasteiger partial charge on any atom is 0.152 e. The Labute approximate surface area is 148 Å². The van der Waals surface area contributed by atoms with Gasteiger partial charge >= 0.3 is 0 Å². The van der Waals surface area contributed by atoms with Gasteiger partial charge in [0.2, 0.25) is 0 Å². The van der Waals surface area contributed by atoms with Gasteiger partial charge in [-0.05, 0) is 30.4 Å². The zero-order valence-electron chi connectivity index (χ0n) is 15.7. The second kappa shape index (κ2) is 10.5. The van der Waals surface area contributed by atoms with Gasteiger partial charge in [-0.2, -0.15) is 0 Å². The Morgan fingerprint density at radius 1 is 0.875 bits per heavy atom. The van der Waals surface area contributed by atoms with Gasteiger partial charge < -0.3 is 4.90 Å². The normalized spacial score (nSPS) is 19.2. The van der Waals surface area contributed by atoms with Gasteiger partial charge in [-0.25, -0.2) is 0 Å². The quantitative estimate of drug-likeness (QED) is 0.622. The van der Waals surface area contributed by atoms with Crippen LogP contribution in [0.4, 0.5) is 5.69 Å². The van der Waals surface area contributed by atoms with Crippen molar-refractivity contribution in [3.63, 3.8) is 0 Å². The highest BCUT2D eigenvalue weighted by Gasteiger charge is 2.20. The standard InChI is InChI=1S/C13H24.C9H11NO/c1-3-7-12(8-4-1)11-13-9-5-2-6-10-13;1-10(2)9-6-4-3-5-8(9)7-11/h12-13H,1-11H2;3-7H,1-2H3. The summed E-state index contributed by atoms with van der Waals surface area (Å²) >= 11 is 0. The van der Waals surface area contributed by atoms with Crippen molar-refractivity contribution in [2.75, 3.05) is 19.0 Å². The monoisotopic (exact) mass is 329 g/mol. The van der Waals surface area contributed by atoms with Crippen LogP contribution in [0.2, 0.25) is 0 Å². The minimum atomic E-state index is 0.734. The first-order chi connectivity index (χ1) is 11.7. The molecule has 2 aliphatic carbocycles. The number of para-hydroxylation sites is 1. The zero-order chi connectivity index (χ0) is 17.2. The van der Waals surface area contributed by atoms with Gasteiger partial charge in [-0.1, -0.05) is 76.3 Å². The molecule has 0 bridgehead atoms. The molecule has 0 saturated heterocycles. The molecule has 0 spiro atoms. The number of benzene rings is 1. The minimum absolute atomic E-state index is 0.734. The van der Waals surface area contributed by atoms with E-state index in [1.807, 2.05) is 43.3 Å². The molecule has 0 aliphatic heterocycles. The van der Waals surface area contributed by atoms with Gasteiger partial charge in [0.1, 0.15) is 0 Å². The number of carbonyl (C=O) groups excluding carboxylic acids is 1. The van der Waals surface area contributed by atoms with Gasteiger partial charge in [0.15, 0.2) is 6.29 Å². The van der Waals surface area contributed by atoms with Crippen LogP contribution in [0.1, 0.15) is 81.0 Å². The molecule has 1 aromatic carbocycles. The lowest BCUT2D eigenvalue weighted by Gasteiger charge is -2.28. The molecule has 3 rings (SSSR count). The van der Waals surface area contributed by atoms with Crippen molar-refractivity contribution in [2.24, 2.45) is 11.8 Å². The van der Waals surface area contributed by atoms with Crippen molar-refractivity contribution in [3.05, 3.63) is 29.8 Å². The van der Waals surface area contributed by atoms with E-state index in [0.717, 1.165) is 29.4 Å². The molecule has 2 aliphatic rings. The molecule has 0 aromatic heterocycles. The molecule has 0 heterocycles. The molecule has 2 saturated carbocycles. The minimum Gasteiger partial charge on any atom is -0.377 e. The fourth-order valence-electron chi connectivity index (χ4n) is 4.31. The van der Waals surface area contributed by atoms with Crippen LogP contribution in [0.5, 0.6) is 0 Å². The van der Waals surface area contributed by atoms with E-state index in [-0.39, 0.29) is 0 Å². The summed E-state index contributed by atoms with van der Waals surface area (Å²) in [6.45, 7) is 0. The highest BCUT2D eigenvalue weighted by molar-refractivity contribution is 5.84. The number of rotatable bonds is 4. The number of carbonyl (C=O) groups is 1. The molecular formula is C22H35NO. The van der Waals surface area contributed by atoms with Gasteiger partial charge in [-0.15, -0.1) is 0 Å². The summed E-state index contributed by atoms with van der Waals surface area (Å²) in [5.41, 5.74) is 1.69. The average Bonchev–Trinajstić information content (AvgIpc) is 2.64. The Morgan fingerprint density at radius 3 is 1.79 bits per heavy atom. The summed E-state index contributed by atoms with van der Waals surface area (Å²) in [5.74, 6) is 2.24. The molecule has 0 atom stereocenters. The fraction of sp³-hybridized carbons (Fsp3) is 0.682. The Balaban J connectivity index is 0.000000177. The van der Waals surface area contributed by atoms with E-state index in [4.69, 9.17) is 0 Å². The highest BCUT2D eigenvalue weighted by Crippen LogP contribution is 2.34. The summed E-state index contributed by atoms with van der Waals surface area (Å²) in [5, 5.41) is 0. The van der Waals surface area contributed by atoms with Crippen LogP contribution in [0, 0.1) is 11.8 Å².